The topological polar surface area (TPSA) is 29.9 Å². The number of nitrogens with one attached hydrogen (secondary N) is 1. The fraction of sp³-hybridized carbons (Fsp3) is 0.188. The number of para-hydroxylation sites is 3. The quantitative estimate of drug-likeness (QED) is 0.769. The summed E-state index contributed by atoms with van der Waals surface area (Å²) in [5.74, 6) is 1.07. The van der Waals surface area contributed by atoms with Crippen LogP contribution in [0, 0.1) is 6.92 Å². The molecule has 3 aromatic rings. The summed E-state index contributed by atoms with van der Waals surface area (Å²) < 4.78 is 2.26. The fourth-order valence-electron chi connectivity index (χ4n) is 2.35. The van der Waals surface area contributed by atoms with Crippen molar-refractivity contribution in [2.24, 2.45) is 0 Å². The van der Waals surface area contributed by atoms with E-state index < -0.39 is 0 Å². The molecule has 1 N–H and O–H groups in total. The van der Waals surface area contributed by atoms with Gasteiger partial charge in [-0.15, -0.1) is 0 Å². The molecule has 0 bridgehead atoms. The molecule has 19 heavy (non-hydrogen) atoms. The molecule has 0 atom stereocenters. The van der Waals surface area contributed by atoms with Crippen molar-refractivity contribution in [3.63, 3.8) is 0 Å². The first-order chi connectivity index (χ1) is 9.34. The predicted octanol–water partition coefficient (Wildman–Crippen LogP) is 3.46. The maximum Gasteiger partial charge on any atom is 0.106 e. The molecule has 0 aliphatic carbocycles. The lowest BCUT2D eigenvalue weighted by atomic mass is 10.3. The Hall–Kier alpha value is -2.29. The van der Waals surface area contributed by atoms with Gasteiger partial charge in [-0.2, -0.15) is 0 Å². The second kappa shape index (κ2) is 5.14. The van der Waals surface area contributed by atoms with Crippen LogP contribution in [-0.4, -0.2) is 16.1 Å². The SMILES string of the molecule is Cc1nc2ccccc2n1CCNc1ccccc1. The van der Waals surface area contributed by atoms with E-state index in [1.54, 1.807) is 0 Å². The van der Waals surface area contributed by atoms with Gasteiger partial charge in [0.25, 0.3) is 0 Å². The molecule has 0 radical (unpaired) electrons. The number of hydrogen-bond acceptors (Lipinski definition) is 2. The minimum absolute atomic E-state index is 0.894. The summed E-state index contributed by atoms with van der Waals surface area (Å²) >= 11 is 0. The van der Waals surface area contributed by atoms with E-state index in [-0.39, 0.29) is 0 Å². The third-order valence-corrected chi connectivity index (χ3v) is 3.28. The lowest BCUT2D eigenvalue weighted by Crippen LogP contribution is -2.11. The summed E-state index contributed by atoms with van der Waals surface area (Å²) in [6, 6.07) is 18.5. The molecule has 96 valence electrons. The van der Waals surface area contributed by atoms with Crippen LogP contribution in [0.1, 0.15) is 5.82 Å². The normalized spacial score (nSPS) is 10.8. The second-order valence-electron chi connectivity index (χ2n) is 4.59. The van der Waals surface area contributed by atoms with Gasteiger partial charge in [0.05, 0.1) is 11.0 Å². The molecule has 0 aliphatic heterocycles. The van der Waals surface area contributed by atoms with Crippen LogP contribution in [0.2, 0.25) is 0 Å². The largest absolute Gasteiger partial charge is 0.383 e. The van der Waals surface area contributed by atoms with E-state index >= 15 is 0 Å². The van der Waals surface area contributed by atoms with E-state index in [4.69, 9.17) is 0 Å². The van der Waals surface area contributed by atoms with E-state index in [0.29, 0.717) is 0 Å². The lowest BCUT2D eigenvalue weighted by Gasteiger charge is -2.09. The molecule has 1 aromatic heterocycles. The van der Waals surface area contributed by atoms with Crippen molar-refractivity contribution in [2.45, 2.75) is 13.5 Å². The summed E-state index contributed by atoms with van der Waals surface area (Å²) in [5, 5.41) is 3.43. The lowest BCUT2D eigenvalue weighted by molar-refractivity contribution is 0.721. The molecule has 0 spiro atoms. The first kappa shape index (κ1) is 11.8. The van der Waals surface area contributed by atoms with Gasteiger partial charge in [0.15, 0.2) is 0 Å². The zero-order chi connectivity index (χ0) is 13.1. The van der Waals surface area contributed by atoms with Gasteiger partial charge in [-0.25, -0.2) is 4.98 Å². The Morgan fingerprint density at radius 2 is 1.74 bits per heavy atom. The van der Waals surface area contributed by atoms with Crippen molar-refractivity contribution in [2.75, 3.05) is 11.9 Å². The monoisotopic (exact) mass is 251 g/mol. The molecule has 1 heterocycles. The van der Waals surface area contributed by atoms with Gasteiger partial charge in [0.2, 0.25) is 0 Å². The van der Waals surface area contributed by atoms with Crippen molar-refractivity contribution < 1.29 is 0 Å². The number of rotatable bonds is 4. The van der Waals surface area contributed by atoms with E-state index in [2.05, 4.69) is 52.1 Å². The number of imidazole rings is 1. The van der Waals surface area contributed by atoms with Gasteiger partial charge in [0, 0.05) is 18.8 Å². The second-order valence-corrected chi connectivity index (χ2v) is 4.59. The summed E-state index contributed by atoms with van der Waals surface area (Å²) in [6.45, 7) is 3.87. The average molecular weight is 251 g/mol. The molecule has 3 heteroatoms. The Bertz CT molecular complexity index is 671. The van der Waals surface area contributed by atoms with Crippen LogP contribution in [-0.2, 0) is 6.54 Å². The average Bonchev–Trinajstić information content (AvgIpc) is 2.76. The van der Waals surface area contributed by atoms with Gasteiger partial charge in [-0.3, -0.25) is 0 Å². The number of fused-ring (bicyclic) bond motifs is 1. The first-order valence-electron chi connectivity index (χ1n) is 6.55. The highest BCUT2D eigenvalue weighted by molar-refractivity contribution is 5.75. The highest BCUT2D eigenvalue weighted by atomic mass is 15.1. The van der Waals surface area contributed by atoms with Crippen molar-refractivity contribution in [1.82, 2.24) is 9.55 Å². The minimum atomic E-state index is 0.894. The highest BCUT2D eigenvalue weighted by Crippen LogP contribution is 2.15. The van der Waals surface area contributed by atoms with Gasteiger partial charge < -0.3 is 9.88 Å². The molecule has 0 aliphatic rings. The zero-order valence-corrected chi connectivity index (χ0v) is 11.0. The van der Waals surface area contributed by atoms with Crippen molar-refractivity contribution in [1.29, 1.82) is 0 Å². The van der Waals surface area contributed by atoms with Crippen molar-refractivity contribution in [3.8, 4) is 0 Å². The number of aryl methyl sites for hydroxylation is 1. The molecule has 0 amide bonds. The number of benzene rings is 2. The van der Waals surface area contributed by atoms with E-state index in [0.717, 1.165) is 30.1 Å². The third kappa shape index (κ3) is 2.45. The van der Waals surface area contributed by atoms with E-state index in [9.17, 15) is 0 Å². The fourth-order valence-corrected chi connectivity index (χ4v) is 2.35. The molecule has 0 saturated carbocycles. The smallest absolute Gasteiger partial charge is 0.106 e. The molecule has 3 rings (SSSR count). The Balaban J connectivity index is 1.73. The number of anilines is 1. The van der Waals surface area contributed by atoms with Crippen LogP contribution in [0.3, 0.4) is 0 Å². The van der Waals surface area contributed by atoms with Crippen LogP contribution in [0.15, 0.2) is 54.6 Å². The number of nitrogens with zero attached hydrogens (tertiary/aromatic N) is 2. The standard InChI is InChI=1S/C16H17N3/c1-13-18-15-9-5-6-10-16(15)19(13)12-11-17-14-7-3-2-4-8-14/h2-10,17H,11-12H2,1H3. The third-order valence-electron chi connectivity index (χ3n) is 3.28. The van der Waals surface area contributed by atoms with Crippen molar-refractivity contribution in [3.05, 3.63) is 60.4 Å². The number of aromatic nitrogens is 2. The van der Waals surface area contributed by atoms with Gasteiger partial charge in [-0.05, 0) is 31.2 Å². The molecule has 0 fully saturated rings. The first-order valence-corrected chi connectivity index (χ1v) is 6.55. The van der Waals surface area contributed by atoms with Crippen molar-refractivity contribution >= 4 is 16.7 Å². The molecule has 2 aromatic carbocycles. The molecule has 0 saturated heterocycles. The number of hydrogen-bond donors (Lipinski definition) is 1. The van der Waals surface area contributed by atoms with E-state index in [1.807, 2.05) is 24.3 Å². The Morgan fingerprint density at radius 3 is 2.58 bits per heavy atom. The van der Waals surface area contributed by atoms with Crippen LogP contribution >= 0.6 is 0 Å². The van der Waals surface area contributed by atoms with Gasteiger partial charge >= 0.3 is 0 Å². The van der Waals surface area contributed by atoms with Crippen LogP contribution in [0.4, 0.5) is 5.69 Å². The summed E-state index contributed by atoms with van der Waals surface area (Å²) in [4.78, 5) is 4.57. The zero-order valence-electron chi connectivity index (χ0n) is 11.0. The maximum absolute atomic E-state index is 4.57. The molecule has 0 unspecified atom stereocenters. The van der Waals surface area contributed by atoms with Crippen LogP contribution in [0.25, 0.3) is 11.0 Å². The summed E-state index contributed by atoms with van der Waals surface area (Å²) in [6.07, 6.45) is 0. The molecule has 3 nitrogen and oxygen atoms in total. The highest BCUT2D eigenvalue weighted by Gasteiger charge is 2.05. The van der Waals surface area contributed by atoms with Crippen LogP contribution < -0.4 is 5.32 Å². The molecular weight excluding hydrogens is 234 g/mol. The minimum Gasteiger partial charge on any atom is -0.383 e. The maximum atomic E-state index is 4.57. The van der Waals surface area contributed by atoms with Gasteiger partial charge in [0.1, 0.15) is 5.82 Å². The Morgan fingerprint density at radius 1 is 1.00 bits per heavy atom. The van der Waals surface area contributed by atoms with Crippen LogP contribution in [0.5, 0.6) is 0 Å². The Labute approximate surface area is 112 Å². The Kier molecular flexibility index (Phi) is 3.19. The predicted molar refractivity (Wildman–Crippen MR) is 79.4 cm³/mol. The summed E-state index contributed by atoms with van der Waals surface area (Å²) in [5.41, 5.74) is 3.43. The van der Waals surface area contributed by atoms with Gasteiger partial charge in [-0.1, -0.05) is 30.3 Å². The van der Waals surface area contributed by atoms with E-state index in [1.165, 1.54) is 5.52 Å². The summed E-state index contributed by atoms with van der Waals surface area (Å²) in [7, 11) is 0. The molecular formula is C16H17N3.